The Balaban J connectivity index is 1.57. The van der Waals surface area contributed by atoms with Crippen molar-refractivity contribution in [2.24, 2.45) is 0 Å². The van der Waals surface area contributed by atoms with E-state index in [9.17, 15) is 4.79 Å². The van der Waals surface area contributed by atoms with Gasteiger partial charge in [0.2, 0.25) is 0 Å². The van der Waals surface area contributed by atoms with Crippen molar-refractivity contribution in [1.82, 2.24) is 0 Å². The molecule has 0 fully saturated rings. The highest BCUT2D eigenvalue weighted by Gasteiger charge is 2.12. The van der Waals surface area contributed by atoms with Gasteiger partial charge in [0.25, 0.3) is 5.91 Å². The maximum atomic E-state index is 12.0. The normalized spacial score (nSPS) is 12.8. The highest BCUT2D eigenvalue weighted by molar-refractivity contribution is 9.10. The molecule has 0 saturated carbocycles. The highest BCUT2D eigenvalue weighted by Crippen LogP contribution is 2.26. The van der Waals surface area contributed by atoms with Gasteiger partial charge in [0.05, 0.1) is 0 Å². The predicted molar refractivity (Wildman–Crippen MR) is 91.5 cm³/mol. The zero-order chi connectivity index (χ0) is 15.5. The van der Waals surface area contributed by atoms with Crippen molar-refractivity contribution in [3.63, 3.8) is 0 Å². The number of benzene rings is 2. The summed E-state index contributed by atoms with van der Waals surface area (Å²) >= 11 is 3.46. The number of aryl methyl sites for hydroxylation is 3. The maximum absolute atomic E-state index is 12.0. The van der Waals surface area contributed by atoms with Crippen LogP contribution in [-0.4, -0.2) is 12.5 Å². The summed E-state index contributed by atoms with van der Waals surface area (Å²) in [6.07, 6.45) is 3.47. The molecule has 3 rings (SSSR count). The molecule has 0 saturated heterocycles. The molecule has 0 atom stereocenters. The van der Waals surface area contributed by atoms with E-state index in [1.807, 2.05) is 31.2 Å². The highest BCUT2D eigenvalue weighted by atomic mass is 79.9. The second kappa shape index (κ2) is 6.53. The third kappa shape index (κ3) is 3.50. The number of anilines is 1. The van der Waals surface area contributed by atoms with Crippen LogP contribution in [0.2, 0.25) is 0 Å². The monoisotopic (exact) mass is 359 g/mol. The van der Waals surface area contributed by atoms with Gasteiger partial charge >= 0.3 is 0 Å². The van der Waals surface area contributed by atoms with E-state index in [0.717, 1.165) is 34.3 Å². The molecule has 0 bridgehead atoms. The Kier molecular flexibility index (Phi) is 4.48. The Labute approximate surface area is 138 Å². The zero-order valence-corrected chi connectivity index (χ0v) is 14.1. The molecular weight excluding hydrogens is 342 g/mol. The van der Waals surface area contributed by atoms with Crippen molar-refractivity contribution in [3.05, 3.63) is 57.6 Å². The van der Waals surface area contributed by atoms with Crippen molar-refractivity contribution < 1.29 is 9.53 Å². The van der Waals surface area contributed by atoms with Crippen LogP contribution >= 0.6 is 15.9 Å². The van der Waals surface area contributed by atoms with E-state index in [1.54, 1.807) is 0 Å². The average Bonchev–Trinajstić information content (AvgIpc) is 2.96. The molecule has 0 spiro atoms. The molecule has 114 valence electrons. The van der Waals surface area contributed by atoms with Crippen LogP contribution in [0.3, 0.4) is 0 Å². The Morgan fingerprint density at radius 3 is 2.82 bits per heavy atom. The van der Waals surface area contributed by atoms with E-state index in [1.165, 1.54) is 17.5 Å². The number of hydrogen-bond donors (Lipinski definition) is 1. The molecule has 4 heteroatoms. The second-order valence-corrected chi connectivity index (χ2v) is 6.44. The lowest BCUT2D eigenvalue weighted by molar-refractivity contribution is -0.118. The minimum Gasteiger partial charge on any atom is -0.484 e. The van der Waals surface area contributed by atoms with Crippen molar-refractivity contribution >= 4 is 27.5 Å². The van der Waals surface area contributed by atoms with Crippen LogP contribution in [0.25, 0.3) is 0 Å². The van der Waals surface area contributed by atoms with Gasteiger partial charge in [0, 0.05) is 10.2 Å². The third-order valence-corrected chi connectivity index (χ3v) is 4.75. The third-order valence-electron chi connectivity index (χ3n) is 3.90. The van der Waals surface area contributed by atoms with E-state index in [-0.39, 0.29) is 12.5 Å². The Bertz CT molecular complexity index is 712. The van der Waals surface area contributed by atoms with E-state index in [2.05, 4.69) is 33.4 Å². The number of carbonyl (C=O) groups excluding carboxylic acids is 1. The number of amides is 1. The zero-order valence-electron chi connectivity index (χ0n) is 12.5. The number of hydrogen-bond acceptors (Lipinski definition) is 2. The van der Waals surface area contributed by atoms with E-state index < -0.39 is 0 Å². The molecule has 0 aromatic heterocycles. The van der Waals surface area contributed by atoms with Crippen LogP contribution in [0.15, 0.2) is 40.9 Å². The summed E-state index contributed by atoms with van der Waals surface area (Å²) in [7, 11) is 0. The van der Waals surface area contributed by atoms with Gasteiger partial charge in [-0.25, -0.2) is 0 Å². The molecule has 1 N–H and O–H groups in total. The summed E-state index contributed by atoms with van der Waals surface area (Å²) in [6.45, 7) is 2.02. The molecule has 0 radical (unpaired) electrons. The first kappa shape index (κ1) is 15.1. The van der Waals surface area contributed by atoms with E-state index >= 15 is 0 Å². The van der Waals surface area contributed by atoms with E-state index in [4.69, 9.17) is 4.74 Å². The fraction of sp³-hybridized carbons (Fsp3) is 0.278. The van der Waals surface area contributed by atoms with Crippen LogP contribution < -0.4 is 10.1 Å². The van der Waals surface area contributed by atoms with Gasteiger partial charge in [-0.3, -0.25) is 4.79 Å². The minimum absolute atomic E-state index is 0.0181. The van der Waals surface area contributed by atoms with Gasteiger partial charge in [-0.15, -0.1) is 0 Å². The second-order valence-electron chi connectivity index (χ2n) is 5.58. The molecule has 0 heterocycles. The van der Waals surface area contributed by atoms with Crippen molar-refractivity contribution in [1.29, 1.82) is 0 Å². The van der Waals surface area contributed by atoms with E-state index in [0.29, 0.717) is 0 Å². The van der Waals surface area contributed by atoms with Crippen LogP contribution in [0.4, 0.5) is 5.69 Å². The topological polar surface area (TPSA) is 38.3 Å². The van der Waals surface area contributed by atoms with Gasteiger partial charge in [-0.1, -0.05) is 28.1 Å². The molecule has 22 heavy (non-hydrogen) atoms. The fourth-order valence-electron chi connectivity index (χ4n) is 2.65. The smallest absolute Gasteiger partial charge is 0.262 e. The number of halogens is 1. The van der Waals surface area contributed by atoms with Gasteiger partial charge < -0.3 is 10.1 Å². The fourth-order valence-corrected chi connectivity index (χ4v) is 3.03. The number of nitrogens with one attached hydrogen (secondary N) is 1. The first-order valence-electron chi connectivity index (χ1n) is 7.42. The lowest BCUT2D eigenvalue weighted by Crippen LogP contribution is -2.20. The van der Waals surface area contributed by atoms with Crippen molar-refractivity contribution in [3.8, 4) is 5.75 Å². The summed E-state index contributed by atoms with van der Waals surface area (Å²) in [5.41, 5.74) is 4.65. The predicted octanol–water partition coefficient (Wildman–Crippen LogP) is 4.26. The Morgan fingerprint density at radius 2 is 2.00 bits per heavy atom. The van der Waals surface area contributed by atoms with Gasteiger partial charge in [-0.2, -0.15) is 0 Å². The number of ether oxygens (including phenoxy) is 1. The van der Waals surface area contributed by atoms with Crippen LogP contribution in [0.5, 0.6) is 5.75 Å². The molecular formula is C18H18BrNO2. The molecule has 1 aliphatic rings. The number of carbonyl (C=O) groups is 1. The van der Waals surface area contributed by atoms with Crippen LogP contribution in [-0.2, 0) is 17.6 Å². The van der Waals surface area contributed by atoms with Crippen LogP contribution in [0.1, 0.15) is 23.1 Å². The Hall–Kier alpha value is -1.81. The average molecular weight is 360 g/mol. The minimum atomic E-state index is -0.156. The SMILES string of the molecule is Cc1ccc(NC(=O)COc2ccc3c(c2)CCC3)cc1Br. The van der Waals surface area contributed by atoms with Crippen LogP contribution in [0, 0.1) is 6.92 Å². The lowest BCUT2D eigenvalue weighted by atomic mass is 10.1. The summed E-state index contributed by atoms with van der Waals surface area (Å²) < 4.78 is 6.57. The summed E-state index contributed by atoms with van der Waals surface area (Å²) in [4.78, 5) is 12.0. The molecule has 0 unspecified atom stereocenters. The molecule has 2 aromatic rings. The standard InChI is InChI=1S/C18H18BrNO2/c1-12-5-7-15(10-17(12)19)20-18(21)11-22-16-8-6-13-3-2-4-14(13)9-16/h5-10H,2-4,11H2,1H3,(H,20,21). The largest absolute Gasteiger partial charge is 0.484 e. The van der Waals surface area contributed by atoms with Crippen molar-refractivity contribution in [2.75, 3.05) is 11.9 Å². The summed E-state index contributed by atoms with van der Waals surface area (Å²) in [6, 6.07) is 11.8. The molecule has 3 nitrogen and oxygen atoms in total. The molecule has 2 aromatic carbocycles. The van der Waals surface area contributed by atoms with Crippen molar-refractivity contribution in [2.45, 2.75) is 26.2 Å². The van der Waals surface area contributed by atoms with Gasteiger partial charge in [0.1, 0.15) is 5.75 Å². The first-order chi connectivity index (χ1) is 10.6. The number of fused-ring (bicyclic) bond motifs is 1. The maximum Gasteiger partial charge on any atom is 0.262 e. The van der Waals surface area contributed by atoms with Gasteiger partial charge in [0.15, 0.2) is 6.61 Å². The molecule has 1 aliphatic carbocycles. The lowest BCUT2D eigenvalue weighted by Gasteiger charge is -2.09. The Morgan fingerprint density at radius 1 is 1.18 bits per heavy atom. The number of rotatable bonds is 4. The van der Waals surface area contributed by atoms with Gasteiger partial charge in [-0.05, 0) is 67.1 Å². The summed E-state index contributed by atoms with van der Waals surface area (Å²) in [5, 5.41) is 2.84. The first-order valence-corrected chi connectivity index (χ1v) is 8.22. The summed E-state index contributed by atoms with van der Waals surface area (Å²) in [5.74, 6) is 0.608. The molecule has 0 aliphatic heterocycles. The quantitative estimate of drug-likeness (QED) is 0.885. The molecule has 1 amide bonds.